The Balaban J connectivity index is 2.24. The molecule has 0 unspecified atom stereocenters. The molecule has 0 heterocycles. The molecule has 11 heteroatoms. The number of benzene rings is 2. The number of para-hydroxylation sites is 1. The van der Waals surface area contributed by atoms with Gasteiger partial charge < -0.3 is 10.6 Å². The molecule has 2 aromatic carbocycles. The van der Waals surface area contributed by atoms with E-state index >= 15 is 0 Å². The Hall–Kier alpha value is -3.19. The molecule has 0 spiro atoms. The van der Waals surface area contributed by atoms with E-state index in [1.165, 1.54) is 12.1 Å². The molecule has 0 saturated heterocycles. The van der Waals surface area contributed by atoms with Crippen molar-refractivity contribution in [2.75, 3.05) is 10.6 Å². The van der Waals surface area contributed by atoms with Crippen molar-refractivity contribution in [2.45, 2.75) is 12.4 Å². The van der Waals surface area contributed by atoms with Gasteiger partial charge in [-0.1, -0.05) is 23.7 Å². The van der Waals surface area contributed by atoms with Gasteiger partial charge in [0.05, 0.1) is 21.8 Å². The van der Waals surface area contributed by atoms with Crippen LogP contribution < -0.4 is 10.6 Å². The topological polar surface area (TPSA) is 64.9 Å². The molecular formula is C18H10ClF6N3O. The Labute approximate surface area is 165 Å². The van der Waals surface area contributed by atoms with E-state index in [0.29, 0.717) is 6.07 Å². The van der Waals surface area contributed by atoms with E-state index in [4.69, 9.17) is 16.9 Å². The zero-order valence-electron chi connectivity index (χ0n) is 14.1. The highest BCUT2D eigenvalue weighted by Gasteiger charge is 2.34. The SMILES string of the molecule is N#C/C(=C/Nc1ccccc1C(F)(F)F)C(=O)Nc1ccc(Cl)c(C(F)(F)F)c1. The summed E-state index contributed by atoms with van der Waals surface area (Å²) in [5, 5.41) is 12.8. The molecule has 2 aromatic rings. The lowest BCUT2D eigenvalue weighted by molar-refractivity contribution is -0.138. The molecule has 2 rings (SSSR count). The molecule has 0 radical (unpaired) electrons. The van der Waals surface area contributed by atoms with E-state index in [9.17, 15) is 31.1 Å². The summed E-state index contributed by atoms with van der Waals surface area (Å²) < 4.78 is 77.5. The number of rotatable bonds is 4. The average molecular weight is 434 g/mol. The summed E-state index contributed by atoms with van der Waals surface area (Å²) in [5.41, 5.74) is -3.60. The van der Waals surface area contributed by atoms with Gasteiger partial charge in [0.25, 0.3) is 5.91 Å². The van der Waals surface area contributed by atoms with Crippen LogP contribution in [0, 0.1) is 11.3 Å². The van der Waals surface area contributed by atoms with Crippen molar-refractivity contribution in [3.63, 3.8) is 0 Å². The van der Waals surface area contributed by atoms with E-state index in [2.05, 4.69) is 10.6 Å². The van der Waals surface area contributed by atoms with Crippen molar-refractivity contribution in [1.82, 2.24) is 0 Å². The monoisotopic (exact) mass is 433 g/mol. The zero-order chi connectivity index (χ0) is 21.8. The standard InChI is InChI=1S/C18H10ClF6N3O/c19-14-6-5-11(7-13(14)18(23,24)25)28-16(29)10(8-26)9-27-15-4-2-1-3-12(15)17(20,21)22/h1-7,9,27H,(H,28,29)/b10-9-. The molecule has 0 atom stereocenters. The molecule has 4 nitrogen and oxygen atoms in total. The molecule has 29 heavy (non-hydrogen) atoms. The fraction of sp³-hybridized carbons (Fsp3) is 0.111. The van der Waals surface area contributed by atoms with Gasteiger partial charge in [-0.3, -0.25) is 4.79 Å². The minimum atomic E-state index is -4.77. The first kappa shape index (κ1) is 22.1. The summed E-state index contributed by atoms with van der Waals surface area (Å²) in [7, 11) is 0. The number of anilines is 2. The normalized spacial score (nSPS) is 12.3. The Morgan fingerprint density at radius 3 is 2.21 bits per heavy atom. The molecule has 0 aromatic heterocycles. The highest BCUT2D eigenvalue weighted by Crippen LogP contribution is 2.36. The molecule has 0 aliphatic rings. The number of hydrogen-bond acceptors (Lipinski definition) is 3. The highest BCUT2D eigenvalue weighted by atomic mass is 35.5. The van der Waals surface area contributed by atoms with Crippen LogP contribution in [0.4, 0.5) is 37.7 Å². The number of alkyl halides is 6. The maximum Gasteiger partial charge on any atom is 0.418 e. The number of carbonyl (C=O) groups excluding carboxylic acids is 1. The van der Waals surface area contributed by atoms with Crippen LogP contribution in [-0.4, -0.2) is 5.91 Å². The van der Waals surface area contributed by atoms with Gasteiger partial charge in [-0.05, 0) is 30.3 Å². The first-order chi connectivity index (χ1) is 13.4. The van der Waals surface area contributed by atoms with Crippen molar-refractivity contribution >= 4 is 28.9 Å². The lowest BCUT2D eigenvalue weighted by atomic mass is 10.1. The van der Waals surface area contributed by atoms with Gasteiger partial charge in [0.15, 0.2) is 0 Å². The largest absolute Gasteiger partial charge is 0.418 e. The maximum atomic E-state index is 13.0. The second-order valence-electron chi connectivity index (χ2n) is 5.50. The third kappa shape index (κ3) is 5.65. The van der Waals surface area contributed by atoms with Crippen molar-refractivity contribution in [2.24, 2.45) is 0 Å². The third-order valence-electron chi connectivity index (χ3n) is 3.50. The number of nitriles is 1. The minimum Gasteiger partial charge on any atom is -0.360 e. The molecule has 0 aliphatic carbocycles. The lowest BCUT2D eigenvalue weighted by Crippen LogP contribution is -2.16. The van der Waals surface area contributed by atoms with Gasteiger partial charge in [0, 0.05) is 11.9 Å². The smallest absolute Gasteiger partial charge is 0.360 e. The quantitative estimate of drug-likeness (QED) is 0.362. The van der Waals surface area contributed by atoms with E-state index in [-0.39, 0.29) is 5.69 Å². The second-order valence-corrected chi connectivity index (χ2v) is 5.91. The predicted molar refractivity (Wildman–Crippen MR) is 93.8 cm³/mol. The fourth-order valence-corrected chi connectivity index (χ4v) is 2.40. The number of amides is 1. The zero-order valence-corrected chi connectivity index (χ0v) is 14.9. The number of halogens is 7. The molecule has 1 amide bonds. The average Bonchev–Trinajstić information content (AvgIpc) is 2.62. The summed E-state index contributed by atoms with van der Waals surface area (Å²) in [5.74, 6) is -1.13. The van der Waals surface area contributed by atoms with Crippen molar-refractivity contribution in [3.8, 4) is 6.07 Å². The van der Waals surface area contributed by atoms with E-state index in [0.717, 1.165) is 36.5 Å². The highest BCUT2D eigenvalue weighted by molar-refractivity contribution is 6.31. The molecule has 0 bridgehead atoms. The first-order valence-corrected chi connectivity index (χ1v) is 8.02. The fourth-order valence-electron chi connectivity index (χ4n) is 2.17. The van der Waals surface area contributed by atoms with Crippen LogP contribution in [0.1, 0.15) is 11.1 Å². The van der Waals surface area contributed by atoms with E-state index in [1.807, 2.05) is 0 Å². The van der Waals surface area contributed by atoms with Crippen LogP contribution in [-0.2, 0) is 17.1 Å². The summed E-state index contributed by atoms with van der Waals surface area (Å²) in [6, 6.07) is 8.38. The third-order valence-corrected chi connectivity index (χ3v) is 3.83. The van der Waals surface area contributed by atoms with Gasteiger partial charge >= 0.3 is 12.4 Å². The van der Waals surface area contributed by atoms with Gasteiger partial charge in [0.1, 0.15) is 11.6 Å². The summed E-state index contributed by atoms with van der Waals surface area (Å²) in [6.45, 7) is 0. The Morgan fingerprint density at radius 2 is 1.62 bits per heavy atom. The van der Waals surface area contributed by atoms with Gasteiger partial charge in [-0.15, -0.1) is 0 Å². The summed E-state index contributed by atoms with van der Waals surface area (Å²) in [4.78, 5) is 12.1. The predicted octanol–water partition coefficient (Wildman–Crippen LogP) is 5.84. The van der Waals surface area contributed by atoms with Crippen LogP contribution >= 0.6 is 11.6 Å². The van der Waals surface area contributed by atoms with Gasteiger partial charge in [-0.25, -0.2) is 0 Å². The van der Waals surface area contributed by atoms with Crippen LogP contribution in [0.2, 0.25) is 5.02 Å². The Bertz CT molecular complexity index is 992. The van der Waals surface area contributed by atoms with Gasteiger partial charge in [-0.2, -0.15) is 31.6 Å². The molecular weight excluding hydrogens is 424 g/mol. The van der Waals surface area contributed by atoms with Crippen LogP contribution in [0.5, 0.6) is 0 Å². The van der Waals surface area contributed by atoms with Crippen LogP contribution in [0.3, 0.4) is 0 Å². The summed E-state index contributed by atoms with van der Waals surface area (Å²) >= 11 is 5.48. The van der Waals surface area contributed by atoms with Crippen LogP contribution in [0.15, 0.2) is 54.2 Å². The minimum absolute atomic E-state index is 0.302. The first-order valence-electron chi connectivity index (χ1n) is 7.64. The van der Waals surface area contributed by atoms with Gasteiger partial charge in [0.2, 0.25) is 0 Å². The molecule has 0 aliphatic heterocycles. The number of hydrogen-bond donors (Lipinski definition) is 2. The molecule has 0 saturated carbocycles. The molecule has 0 fully saturated rings. The van der Waals surface area contributed by atoms with E-state index in [1.54, 1.807) is 0 Å². The Morgan fingerprint density at radius 1 is 1.00 bits per heavy atom. The van der Waals surface area contributed by atoms with Crippen molar-refractivity contribution in [1.29, 1.82) is 5.26 Å². The molecule has 152 valence electrons. The second kappa shape index (κ2) is 8.45. The van der Waals surface area contributed by atoms with Crippen molar-refractivity contribution < 1.29 is 31.1 Å². The number of nitrogens with zero attached hydrogens (tertiary/aromatic N) is 1. The summed E-state index contributed by atoms with van der Waals surface area (Å²) in [6.07, 6.45) is -8.72. The van der Waals surface area contributed by atoms with Crippen LogP contribution in [0.25, 0.3) is 0 Å². The molecule has 2 N–H and O–H groups in total. The van der Waals surface area contributed by atoms with Crippen molar-refractivity contribution in [3.05, 3.63) is 70.4 Å². The Kier molecular flexibility index (Phi) is 6.44. The lowest BCUT2D eigenvalue weighted by Gasteiger charge is -2.13. The van der Waals surface area contributed by atoms with E-state index < -0.39 is 45.7 Å². The number of carbonyl (C=O) groups is 1. The maximum absolute atomic E-state index is 13.0. The number of nitrogens with one attached hydrogen (secondary N) is 2.